The summed E-state index contributed by atoms with van der Waals surface area (Å²) in [5.74, 6) is 0.776. The highest BCUT2D eigenvalue weighted by Gasteiger charge is 1.98. The number of fused-ring (bicyclic) bond motifs is 1. The first-order chi connectivity index (χ1) is 8.90. The van der Waals surface area contributed by atoms with Crippen molar-refractivity contribution in [2.45, 2.75) is 0 Å². The van der Waals surface area contributed by atoms with Crippen LogP contribution in [0.2, 0.25) is 0 Å². The van der Waals surface area contributed by atoms with E-state index < -0.39 is 0 Å². The quantitative estimate of drug-likeness (QED) is 0.740. The van der Waals surface area contributed by atoms with Crippen LogP contribution in [-0.2, 0) is 9.47 Å². The van der Waals surface area contributed by atoms with Gasteiger partial charge in [-0.15, -0.1) is 0 Å². The van der Waals surface area contributed by atoms with Gasteiger partial charge in [-0.3, -0.25) is 4.98 Å². The van der Waals surface area contributed by atoms with Crippen molar-refractivity contribution in [3.63, 3.8) is 0 Å². The Balaban J connectivity index is 1.81. The first-order valence-corrected chi connectivity index (χ1v) is 5.78. The third-order valence-electron chi connectivity index (χ3n) is 2.32. The maximum Gasteiger partial charge on any atom is 0.180 e. The van der Waals surface area contributed by atoms with E-state index in [1.165, 1.54) is 0 Å². The van der Waals surface area contributed by atoms with Gasteiger partial charge in [0.15, 0.2) is 5.65 Å². The van der Waals surface area contributed by atoms with E-state index in [-0.39, 0.29) is 0 Å². The molecule has 0 aliphatic rings. The SMILES string of the molecule is COCCOCCNc1ccc2nccnc2n1. The summed E-state index contributed by atoms with van der Waals surface area (Å²) >= 11 is 0. The van der Waals surface area contributed by atoms with Crippen molar-refractivity contribution in [2.75, 3.05) is 38.8 Å². The predicted molar refractivity (Wildman–Crippen MR) is 68.5 cm³/mol. The second kappa shape index (κ2) is 6.83. The highest BCUT2D eigenvalue weighted by atomic mass is 16.5. The van der Waals surface area contributed by atoms with Crippen molar-refractivity contribution in [3.05, 3.63) is 24.5 Å². The Kier molecular flexibility index (Phi) is 4.80. The number of rotatable bonds is 7. The molecule has 0 radical (unpaired) electrons. The van der Waals surface area contributed by atoms with Gasteiger partial charge in [-0.25, -0.2) is 9.97 Å². The van der Waals surface area contributed by atoms with Gasteiger partial charge in [0.2, 0.25) is 0 Å². The molecule has 0 amide bonds. The summed E-state index contributed by atoms with van der Waals surface area (Å²) in [7, 11) is 1.65. The zero-order chi connectivity index (χ0) is 12.6. The van der Waals surface area contributed by atoms with Crippen molar-refractivity contribution < 1.29 is 9.47 Å². The number of nitrogens with one attached hydrogen (secondary N) is 1. The molecular formula is C12H16N4O2. The predicted octanol–water partition coefficient (Wildman–Crippen LogP) is 1.10. The van der Waals surface area contributed by atoms with Gasteiger partial charge < -0.3 is 14.8 Å². The average molecular weight is 248 g/mol. The van der Waals surface area contributed by atoms with Crippen LogP contribution in [-0.4, -0.2) is 48.4 Å². The fourth-order valence-corrected chi connectivity index (χ4v) is 1.45. The largest absolute Gasteiger partial charge is 0.382 e. The summed E-state index contributed by atoms with van der Waals surface area (Å²) in [4.78, 5) is 12.7. The number of methoxy groups -OCH3 is 1. The lowest BCUT2D eigenvalue weighted by molar-refractivity contribution is 0.0759. The highest BCUT2D eigenvalue weighted by Crippen LogP contribution is 2.09. The summed E-state index contributed by atoms with van der Waals surface area (Å²) in [6, 6.07) is 3.77. The number of hydrogen-bond acceptors (Lipinski definition) is 6. The van der Waals surface area contributed by atoms with E-state index >= 15 is 0 Å². The minimum atomic E-state index is 0.606. The molecule has 6 heteroatoms. The van der Waals surface area contributed by atoms with Crippen LogP contribution < -0.4 is 5.32 Å². The van der Waals surface area contributed by atoms with Crippen LogP contribution in [0.1, 0.15) is 0 Å². The summed E-state index contributed by atoms with van der Waals surface area (Å²) in [6.07, 6.45) is 3.29. The summed E-state index contributed by atoms with van der Waals surface area (Å²) < 4.78 is 10.2. The molecular weight excluding hydrogens is 232 g/mol. The van der Waals surface area contributed by atoms with Crippen molar-refractivity contribution >= 4 is 17.0 Å². The van der Waals surface area contributed by atoms with E-state index in [4.69, 9.17) is 9.47 Å². The van der Waals surface area contributed by atoms with E-state index in [0.29, 0.717) is 32.0 Å². The van der Waals surface area contributed by atoms with Crippen molar-refractivity contribution in [3.8, 4) is 0 Å². The zero-order valence-corrected chi connectivity index (χ0v) is 10.3. The molecule has 0 spiro atoms. The summed E-state index contributed by atoms with van der Waals surface area (Å²) in [5.41, 5.74) is 1.43. The molecule has 0 bridgehead atoms. The van der Waals surface area contributed by atoms with Crippen LogP contribution >= 0.6 is 0 Å². The maximum absolute atomic E-state index is 5.34. The molecule has 0 atom stereocenters. The van der Waals surface area contributed by atoms with Gasteiger partial charge in [0.25, 0.3) is 0 Å². The number of hydrogen-bond donors (Lipinski definition) is 1. The normalized spacial score (nSPS) is 10.7. The van der Waals surface area contributed by atoms with Gasteiger partial charge in [0.05, 0.1) is 19.8 Å². The Labute approximate surface area is 105 Å². The molecule has 2 aromatic heterocycles. The molecule has 0 unspecified atom stereocenters. The molecule has 6 nitrogen and oxygen atoms in total. The number of anilines is 1. The van der Waals surface area contributed by atoms with Crippen molar-refractivity contribution in [1.82, 2.24) is 15.0 Å². The van der Waals surface area contributed by atoms with Gasteiger partial charge in [-0.1, -0.05) is 0 Å². The molecule has 2 heterocycles. The van der Waals surface area contributed by atoms with Gasteiger partial charge in [-0.05, 0) is 12.1 Å². The fraction of sp³-hybridized carbons (Fsp3) is 0.417. The van der Waals surface area contributed by atoms with Gasteiger partial charge in [0.1, 0.15) is 11.3 Å². The van der Waals surface area contributed by atoms with E-state index in [9.17, 15) is 0 Å². The monoisotopic (exact) mass is 248 g/mol. The minimum Gasteiger partial charge on any atom is -0.382 e. The molecule has 96 valence electrons. The summed E-state index contributed by atoms with van der Waals surface area (Å²) in [6.45, 7) is 2.53. The smallest absolute Gasteiger partial charge is 0.180 e. The lowest BCUT2D eigenvalue weighted by Crippen LogP contribution is -2.12. The molecule has 0 saturated heterocycles. The lowest BCUT2D eigenvalue weighted by atomic mass is 10.4. The molecule has 1 N–H and O–H groups in total. The van der Waals surface area contributed by atoms with Crippen molar-refractivity contribution in [2.24, 2.45) is 0 Å². The summed E-state index contributed by atoms with van der Waals surface area (Å²) in [5, 5.41) is 3.17. The molecule has 18 heavy (non-hydrogen) atoms. The Bertz CT molecular complexity index is 492. The highest BCUT2D eigenvalue weighted by molar-refractivity contribution is 5.71. The topological polar surface area (TPSA) is 69.2 Å². The maximum atomic E-state index is 5.34. The van der Waals surface area contributed by atoms with Gasteiger partial charge in [-0.2, -0.15) is 0 Å². The zero-order valence-electron chi connectivity index (χ0n) is 10.3. The molecule has 0 aromatic carbocycles. The molecule has 0 saturated carbocycles. The van der Waals surface area contributed by atoms with Crippen LogP contribution in [0.3, 0.4) is 0 Å². The van der Waals surface area contributed by atoms with Crippen LogP contribution in [0.15, 0.2) is 24.5 Å². The van der Waals surface area contributed by atoms with Crippen LogP contribution in [0.5, 0.6) is 0 Å². The number of nitrogens with zero attached hydrogens (tertiary/aromatic N) is 3. The minimum absolute atomic E-state index is 0.606. The Morgan fingerprint density at radius 2 is 2.00 bits per heavy atom. The number of aromatic nitrogens is 3. The standard InChI is InChI=1S/C12H16N4O2/c1-17-8-9-18-7-6-14-11-3-2-10-12(16-11)15-5-4-13-10/h2-5H,6-9H2,1H3,(H,14,15,16). The lowest BCUT2D eigenvalue weighted by Gasteiger charge is -2.06. The molecule has 2 rings (SSSR count). The Morgan fingerprint density at radius 1 is 1.11 bits per heavy atom. The Hall–Kier alpha value is -1.79. The van der Waals surface area contributed by atoms with E-state index in [1.807, 2.05) is 12.1 Å². The first kappa shape index (κ1) is 12.7. The van der Waals surface area contributed by atoms with Gasteiger partial charge >= 0.3 is 0 Å². The third-order valence-corrected chi connectivity index (χ3v) is 2.32. The van der Waals surface area contributed by atoms with Crippen LogP contribution in [0, 0.1) is 0 Å². The first-order valence-electron chi connectivity index (χ1n) is 5.78. The van der Waals surface area contributed by atoms with E-state index in [2.05, 4.69) is 20.3 Å². The third kappa shape index (κ3) is 3.61. The molecule has 0 fully saturated rings. The van der Waals surface area contributed by atoms with Crippen molar-refractivity contribution in [1.29, 1.82) is 0 Å². The fourth-order valence-electron chi connectivity index (χ4n) is 1.45. The second-order valence-electron chi connectivity index (χ2n) is 3.63. The molecule has 0 aliphatic carbocycles. The van der Waals surface area contributed by atoms with E-state index in [0.717, 1.165) is 11.3 Å². The molecule has 2 aromatic rings. The van der Waals surface area contributed by atoms with Gasteiger partial charge in [0, 0.05) is 26.0 Å². The van der Waals surface area contributed by atoms with Crippen LogP contribution in [0.25, 0.3) is 11.2 Å². The molecule has 0 aliphatic heterocycles. The average Bonchev–Trinajstić information content (AvgIpc) is 2.42. The Morgan fingerprint density at radius 3 is 2.89 bits per heavy atom. The van der Waals surface area contributed by atoms with E-state index in [1.54, 1.807) is 19.5 Å². The number of ether oxygens (including phenoxy) is 2. The number of pyridine rings is 1. The second-order valence-corrected chi connectivity index (χ2v) is 3.63. The van der Waals surface area contributed by atoms with Crippen LogP contribution in [0.4, 0.5) is 5.82 Å².